The summed E-state index contributed by atoms with van der Waals surface area (Å²) >= 11 is 0. The van der Waals surface area contributed by atoms with E-state index >= 15 is 0 Å². The predicted octanol–water partition coefficient (Wildman–Crippen LogP) is 1.62. The smallest absolute Gasteiger partial charge is 0.314 e. The highest BCUT2D eigenvalue weighted by molar-refractivity contribution is 5.73. The van der Waals surface area contributed by atoms with Gasteiger partial charge in [-0.25, -0.2) is 9.18 Å². The van der Waals surface area contributed by atoms with Crippen LogP contribution in [0.15, 0.2) is 24.3 Å². The van der Waals surface area contributed by atoms with E-state index in [1.807, 2.05) is 14.1 Å². The third-order valence-corrected chi connectivity index (χ3v) is 2.68. The number of carbonyl (C=O) groups excluding carboxylic acids is 1. The molecule has 2 amide bonds. The second kappa shape index (κ2) is 8.48. The van der Waals surface area contributed by atoms with Crippen molar-refractivity contribution in [3.63, 3.8) is 0 Å². The van der Waals surface area contributed by atoms with Crippen LogP contribution in [0.2, 0.25) is 0 Å². The Balaban J connectivity index is 2.08. The van der Waals surface area contributed by atoms with Crippen LogP contribution in [0, 0.1) is 5.82 Å². The minimum atomic E-state index is -0.240. The first-order valence-corrected chi connectivity index (χ1v) is 6.49. The van der Waals surface area contributed by atoms with Crippen molar-refractivity contribution in [2.45, 2.75) is 12.8 Å². The molecule has 0 aliphatic carbocycles. The molecular weight excluding hydrogens is 245 g/mol. The minimum Gasteiger partial charge on any atom is -0.338 e. The van der Waals surface area contributed by atoms with Gasteiger partial charge in [0.05, 0.1) is 0 Å². The molecule has 1 aromatic rings. The Bertz CT molecular complexity index is 379. The fourth-order valence-corrected chi connectivity index (χ4v) is 1.63. The quantitative estimate of drug-likeness (QED) is 0.737. The molecule has 106 valence electrons. The molecule has 0 aromatic heterocycles. The van der Waals surface area contributed by atoms with E-state index < -0.39 is 0 Å². The van der Waals surface area contributed by atoms with Crippen LogP contribution in [0.3, 0.4) is 0 Å². The second-order valence-electron chi connectivity index (χ2n) is 4.72. The van der Waals surface area contributed by atoms with Crippen LogP contribution in [-0.2, 0) is 6.42 Å². The third kappa shape index (κ3) is 7.41. The zero-order valence-corrected chi connectivity index (χ0v) is 11.6. The van der Waals surface area contributed by atoms with Crippen LogP contribution in [0.5, 0.6) is 0 Å². The van der Waals surface area contributed by atoms with Crippen LogP contribution in [0.25, 0.3) is 0 Å². The number of halogens is 1. The Morgan fingerprint density at radius 1 is 1.16 bits per heavy atom. The highest BCUT2D eigenvalue weighted by Gasteiger charge is 2.00. The monoisotopic (exact) mass is 267 g/mol. The fraction of sp³-hybridized carbons (Fsp3) is 0.500. The Morgan fingerprint density at radius 3 is 2.42 bits per heavy atom. The fourth-order valence-electron chi connectivity index (χ4n) is 1.63. The molecular formula is C14H22FN3O. The Morgan fingerprint density at radius 2 is 1.79 bits per heavy atom. The van der Waals surface area contributed by atoms with Crippen LogP contribution in [0.4, 0.5) is 9.18 Å². The number of hydrogen-bond donors (Lipinski definition) is 2. The van der Waals surface area contributed by atoms with Crippen LogP contribution >= 0.6 is 0 Å². The molecule has 0 fully saturated rings. The van der Waals surface area contributed by atoms with Gasteiger partial charge in [-0.1, -0.05) is 12.1 Å². The van der Waals surface area contributed by atoms with E-state index in [4.69, 9.17) is 0 Å². The lowest BCUT2D eigenvalue weighted by Gasteiger charge is -2.10. The Kier molecular flexibility index (Phi) is 6.89. The molecule has 0 spiro atoms. The average Bonchev–Trinajstić information content (AvgIpc) is 2.37. The highest BCUT2D eigenvalue weighted by atomic mass is 19.1. The zero-order chi connectivity index (χ0) is 14.1. The largest absolute Gasteiger partial charge is 0.338 e. The van der Waals surface area contributed by atoms with Gasteiger partial charge in [0.25, 0.3) is 0 Å². The number of carbonyl (C=O) groups is 1. The molecule has 4 nitrogen and oxygen atoms in total. The lowest BCUT2D eigenvalue weighted by Crippen LogP contribution is -2.37. The number of urea groups is 1. The van der Waals surface area contributed by atoms with E-state index in [9.17, 15) is 9.18 Å². The summed E-state index contributed by atoms with van der Waals surface area (Å²) in [6.07, 6.45) is 1.63. The van der Waals surface area contributed by atoms with Crippen molar-refractivity contribution in [2.24, 2.45) is 0 Å². The summed E-state index contributed by atoms with van der Waals surface area (Å²) < 4.78 is 12.7. The SMILES string of the molecule is CN(C)CCCNC(=O)NCCc1ccc(F)cc1. The highest BCUT2D eigenvalue weighted by Crippen LogP contribution is 2.02. The van der Waals surface area contributed by atoms with Gasteiger partial charge in [-0.2, -0.15) is 0 Å². The topological polar surface area (TPSA) is 44.4 Å². The Labute approximate surface area is 114 Å². The molecule has 0 heterocycles. The van der Waals surface area contributed by atoms with Crippen molar-refractivity contribution < 1.29 is 9.18 Å². The maximum absolute atomic E-state index is 12.7. The number of nitrogens with one attached hydrogen (secondary N) is 2. The van der Waals surface area contributed by atoms with Crippen molar-refractivity contribution in [3.05, 3.63) is 35.6 Å². The van der Waals surface area contributed by atoms with E-state index in [-0.39, 0.29) is 11.8 Å². The van der Waals surface area contributed by atoms with Crippen molar-refractivity contribution in [1.82, 2.24) is 15.5 Å². The predicted molar refractivity (Wildman–Crippen MR) is 74.7 cm³/mol. The van der Waals surface area contributed by atoms with Gasteiger partial charge in [-0.05, 0) is 51.2 Å². The maximum Gasteiger partial charge on any atom is 0.314 e. The molecule has 1 rings (SSSR count). The van der Waals surface area contributed by atoms with Gasteiger partial charge in [0.1, 0.15) is 5.82 Å². The molecule has 0 bridgehead atoms. The van der Waals surface area contributed by atoms with Crippen molar-refractivity contribution >= 4 is 6.03 Å². The summed E-state index contributed by atoms with van der Waals surface area (Å²) in [5, 5.41) is 5.57. The van der Waals surface area contributed by atoms with Crippen molar-refractivity contribution in [2.75, 3.05) is 33.7 Å². The van der Waals surface area contributed by atoms with Crippen molar-refractivity contribution in [3.8, 4) is 0 Å². The molecule has 5 heteroatoms. The first-order valence-electron chi connectivity index (χ1n) is 6.49. The van der Waals surface area contributed by atoms with E-state index in [2.05, 4.69) is 15.5 Å². The van der Waals surface area contributed by atoms with Gasteiger partial charge in [0, 0.05) is 13.1 Å². The summed E-state index contributed by atoms with van der Waals surface area (Å²) in [7, 11) is 4.01. The molecule has 0 saturated heterocycles. The summed E-state index contributed by atoms with van der Waals surface area (Å²) in [4.78, 5) is 13.5. The summed E-state index contributed by atoms with van der Waals surface area (Å²) in [6, 6.07) is 6.16. The lowest BCUT2D eigenvalue weighted by molar-refractivity contribution is 0.240. The number of benzene rings is 1. The van der Waals surface area contributed by atoms with Gasteiger partial charge < -0.3 is 15.5 Å². The van der Waals surface area contributed by atoms with Crippen LogP contribution < -0.4 is 10.6 Å². The van der Waals surface area contributed by atoms with E-state index in [1.54, 1.807) is 12.1 Å². The standard InChI is InChI=1S/C14H22FN3O/c1-18(2)11-3-9-16-14(19)17-10-8-12-4-6-13(15)7-5-12/h4-7H,3,8-11H2,1-2H3,(H2,16,17,19). The summed E-state index contributed by atoms with van der Waals surface area (Å²) in [5.74, 6) is -0.240. The number of hydrogen-bond acceptors (Lipinski definition) is 2. The molecule has 0 atom stereocenters. The normalized spacial score (nSPS) is 10.5. The first-order chi connectivity index (χ1) is 9.08. The molecule has 0 saturated carbocycles. The molecule has 0 aliphatic rings. The van der Waals surface area contributed by atoms with Crippen molar-refractivity contribution in [1.29, 1.82) is 0 Å². The van der Waals surface area contributed by atoms with Gasteiger partial charge in [0.15, 0.2) is 0 Å². The minimum absolute atomic E-state index is 0.152. The number of rotatable bonds is 7. The second-order valence-corrected chi connectivity index (χ2v) is 4.72. The summed E-state index contributed by atoms with van der Waals surface area (Å²) in [5.41, 5.74) is 1.01. The van der Waals surface area contributed by atoms with Gasteiger partial charge in [-0.15, -0.1) is 0 Å². The van der Waals surface area contributed by atoms with E-state index in [0.717, 1.165) is 18.5 Å². The molecule has 19 heavy (non-hydrogen) atoms. The van der Waals surface area contributed by atoms with Gasteiger partial charge in [0.2, 0.25) is 0 Å². The molecule has 2 N–H and O–H groups in total. The number of amides is 2. The lowest BCUT2D eigenvalue weighted by atomic mass is 10.1. The first kappa shape index (κ1) is 15.4. The molecule has 0 aliphatic heterocycles. The average molecular weight is 267 g/mol. The maximum atomic E-state index is 12.7. The van der Waals surface area contributed by atoms with Gasteiger partial charge in [-0.3, -0.25) is 0 Å². The number of nitrogens with zero attached hydrogens (tertiary/aromatic N) is 1. The van der Waals surface area contributed by atoms with Crippen LogP contribution in [0.1, 0.15) is 12.0 Å². The third-order valence-electron chi connectivity index (χ3n) is 2.68. The summed E-state index contributed by atoms with van der Waals surface area (Å²) in [6.45, 7) is 2.17. The molecule has 0 radical (unpaired) electrons. The molecule has 0 unspecified atom stereocenters. The van der Waals surface area contributed by atoms with E-state index in [0.29, 0.717) is 19.5 Å². The van der Waals surface area contributed by atoms with E-state index in [1.165, 1.54) is 12.1 Å². The Hall–Kier alpha value is -1.62. The molecule has 1 aromatic carbocycles. The zero-order valence-electron chi connectivity index (χ0n) is 11.6. The van der Waals surface area contributed by atoms with Gasteiger partial charge >= 0.3 is 6.03 Å². The van der Waals surface area contributed by atoms with Crippen LogP contribution in [-0.4, -0.2) is 44.7 Å².